The van der Waals surface area contributed by atoms with Crippen LogP contribution in [0, 0.1) is 0 Å². The van der Waals surface area contributed by atoms with Gasteiger partial charge in [-0.3, -0.25) is 5.10 Å². The lowest BCUT2D eigenvalue weighted by molar-refractivity contribution is 0.900. The van der Waals surface area contributed by atoms with Crippen LogP contribution < -0.4 is 5.73 Å². The van der Waals surface area contributed by atoms with E-state index in [-0.39, 0.29) is 0 Å². The normalized spacial score (nSPS) is 11.2. The molecule has 3 N–H and O–H groups in total. The zero-order valence-corrected chi connectivity index (χ0v) is 10.1. The molecule has 0 aliphatic heterocycles. The number of H-pyrrole nitrogens is 1. The van der Waals surface area contributed by atoms with E-state index in [2.05, 4.69) is 27.2 Å². The van der Waals surface area contributed by atoms with E-state index in [1.54, 1.807) is 4.52 Å². The van der Waals surface area contributed by atoms with Crippen LogP contribution in [0.4, 0.5) is 5.95 Å². The Labute approximate surface area is 104 Å². The van der Waals surface area contributed by atoms with Gasteiger partial charge < -0.3 is 5.73 Å². The van der Waals surface area contributed by atoms with Crippen molar-refractivity contribution >= 4 is 11.6 Å². The van der Waals surface area contributed by atoms with E-state index in [4.69, 9.17) is 5.73 Å². The van der Waals surface area contributed by atoms with Gasteiger partial charge in [0, 0.05) is 23.5 Å². The van der Waals surface area contributed by atoms with Crippen molar-refractivity contribution < 1.29 is 0 Å². The molecule has 0 atom stereocenters. The van der Waals surface area contributed by atoms with Gasteiger partial charge in [0.25, 0.3) is 0 Å². The average Bonchev–Trinajstić information content (AvgIpc) is 2.97. The Morgan fingerprint density at radius 3 is 3.06 bits per heavy atom. The smallest absolute Gasteiger partial charge is 0.240 e. The number of rotatable bonds is 3. The highest BCUT2D eigenvalue weighted by Crippen LogP contribution is 2.26. The second kappa shape index (κ2) is 4.14. The molecule has 0 unspecified atom stereocenters. The number of fused-ring (bicyclic) bond motifs is 1. The topological polar surface area (TPSA) is 84.9 Å². The van der Waals surface area contributed by atoms with Gasteiger partial charge in [0.2, 0.25) is 5.95 Å². The van der Waals surface area contributed by atoms with Gasteiger partial charge in [0.05, 0.1) is 6.20 Å². The molecular formula is C12H14N6. The minimum absolute atomic E-state index is 0.302. The lowest BCUT2D eigenvalue weighted by atomic mass is 10.0. The minimum atomic E-state index is 0.302. The third-order valence-corrected chi connectivity index (χ3v) is 2.93. The highest BCUT2D eigenvalue weighted by Gasteiger charge is 2.12. The molecule has 6 nitrogen and oxygen atoms in total. The first-order valence-electron chi connectivity index (χ1n) is 5.92. The number of nitrogen functional groups attached to an aromatic ring is 1. The lowest BCUT2D eigenvalue weighted by Gasteiger charge is -2.07. The van der Waals surface area contributed by atoms with Crippen LogP contribution in [0.15, 0.2) is 24.7 Å². The number of anilines is 1. The molecule has 0 fully saturated rings. The Balaban J connectivity index is 2.27. The Bertz CT molecular complexity index is 667. The molecule has 0 aliphatic rings. The van der Waals surface area contributed by atoms with Gasteiger partial charge in [-0.25, -0.2) is 4.52 Å². The number of aromatic amines is 1. The summed E-state index contributed by atoms with van der Waals surface area (Å²) in [6.45, 7) is 2.14. The zero-order valence-electron chi connectivity index (χ0n) is 10.1. The maximum absolute atomic E-state index is 5.66. The van der Waals surface area contributed by atoms with Gasteiger partial charge in [-0.1, -0.05) is 13.3 Å². The van der Waals surface area contributed by atoms with E-state index in [1.807, 2.05) is 24.7 Å². The molecule has 0 saturated carbocycles. The first-order chi connectivity index (χ1) is 8.79. The van der Waals surface area contributed by atoms with Crippen molar-refractivity contribution in [3.63, 3.8) is 0 Å². The Morgan fingerprint density at radius 2 is 2.33 bits per heavy atom. The van der Waals surface area contributed by atoms with Crippen LogP contribution in [0.5, 0.6) is 0 Å². The van der Waals surface area contributed by atoms with Crippen molar-refractivity contribution in [1.29, 1.82) is 0 Å². The van der Waals surface area contributed by atoms with E-state index >= 15 is 0 Å². The van der Waals surface area contributed by atoms with Crippen LogP contribution >= 0.6 is 0 Å². The Hall–Kier alpha value is -2.37. The molecule has 6 heteroatoms. The fourth-order valence-electron chi connectivity index (χ4n) is 2.18. The van der Waals surface area contributed by atoms with Gasteiger partial charge >= 0.3 is 0 Å². The number of hydrogen-bond donors (Lipinski definition) is 2. The van der Waals surface area contributed by atoms with Crippen molar-refractivity contribution in [1.82, 2.24) is 24.8 Å². The molecule has 3 aromatic heterocycles. The summed E-state index contributed by atoms with van der Waals surface area (Å²) >= 11 is 0. The van der Waals surface area contributed by atoms with Crippen LogP contribution in [-0.2, 0) is 6.42 Å². The number of nitrogens with one attached hydrogen (secondary N) is 1. The molecule has 0 amide bonds. The van der Waals surface area contributed by atoms with Crippen molar-refractivity contribution in [3.8, 4) is 11.1 Å². The second-order valence-electron chi connectivity index (χ2n) is 4.18. The highest BCUT2D eigenvalue weighted by atomic mass is 15.3. The highest BCUT2D eigenvalue weighted by molar-refractivity contribution is 5.72. The summed E-state index contributed by atoms with van der Waals surface area (Å²) in [4.78, 5) is 4.30. The second-order valence-corrected chi connectivity index (χ2v) is 4.18. The average molecular weight is 242 g/mol. The molecule has 92 valence electrons. The first-order valence-corrected chi connectivity index (χ1v) is 5.92. The molecule has 0 bridgehead atoms. The molecule has 3 aromatic rings. The third kappa shape index (κ3) is 1.62. The van der Waals surface area contributed by atoms with Crippen LogP contribution in [-0.4, -0.2) is 24.8 Å². The van der Waals surface area contributed by atoms with Crippen LogP contribution in [0.25, 0.3) is 16.8 Å². The maximum atomic E-state index is 5.66. The number of hydrogen-bond acceptors (Lipinski definition) is 4. The van der Waals surface area contributed by atoms with Gasteiger partial charge in [-0.05, 0) is 18.1 Å². The summed E-state index contributed by atoms with van der Waals surface area (Å²) in [7, 11) is 0. The Morgan fingerprint density at radius 1 is 1.44 bits per heavy atom. The molecule has 0 spiro atoms. The van der Waals surface area contributed by atoms with E-state index in [1.165, 1.54) is 0 Å². The standard InChI is InChI=1S/C12H14N6/c1-2-3-10-9(8-6-14-15-7-8)4-5-18-11(10)16-12(13)17-18/h4-7H,2-3H2,1H3,(H2,13,17)(H,14,15). The molecular weight excluding hydrogens is 228 g/mol. The molecule has 0 radical (unpaired) electrons. The third-order valence-electron chi connectivity index (χ3n) is 2.93. The first kappa shape index (κ1) is 10.8. The van der Waals surface area contributed by atoms with E-state index < -0.39 is 0 Å². The fraction of sp³-hybridized carbons (Fsp3) is 0.250. The number of nitrogens with zero attached hydrogens (tertiary/aromatic N) is 4. The molecule has 0 aromatic carbocycles. The van der Waals surface area contributed by atoms with Crippen molar-refractivity contribution in [3.05, 3.63) is 30.2 Å². The summed E-state index contributed by atoms with van der Waals surface area (Å²) < 4.78 is 1.73. The fourth-order valence-corrected chi connectivity index (χ4v) is 2.18. The summed E-state index contributed by atoms with van der Waals surface area (Å²) in [5.74, 6) is 0.302. The quantitative estimate of drug-likeness (QED) is 0.731. The van der Waals surface area contributed by atoms with Gasteiger partial charge in [0.1, 0.15) is 0 Å². The van der Waals surface area contributed by atoms with Gasteiger partial charge in [-0.2, -0.15) is 10.1 Å². The monoisotopic (exact) mass is 242 g/mol. The summed E-state index contributed by atoms with van der Waals surface area (Å²) in [5, 5.41) is 11.0. The minimum Gasteiger partial charge on any atom is -0.366 e. The molecule has 3 heterocycles. The number of nitrogens with two attached hydrogens (primary N) is 1. The number of aromatic nitrogens is 5. The predicted molar refractivity (Wildman–Crippen MR) is 69.0 cm³/mol. The lowest BCUT2D eigenvalue weighted by Crippen LogP contribution is -1.96. The zero-order chi connectivity index (χ0) is 12.5. The number of pyridine rings is 1. The van der Waals surface area contributed by atoms with E-state index in [0.717, 1.165) is 35.2 Å². The summed E-state index contributed by atoms with van der Waals surface area (Å²) in [6, 6.07) is 2.02. The molecule has 0 aliphatic carbocycles. The molecule has 0 saturated heterocycles. The SMILES string of the molecule is CCCc1c(-c2cn[nH]c2)ccn2nc(N)nc12. The predicted octanol–water partition coefficient (Wildman–Crippen LogP) is 1.65. The van der Waals surface area contributed by atoms with Gasteiger partial charge in [0.15, 0.2) is 5.65 Å². The number of aryl methyl sites for hydroxylation is 1. The Kier molecular flexibility index (Phi) is 2.47. The van der Waals surface area contributed by atoms with E-state index in [9.17, 15) is 0 Å². The van der Waals surface area contributed by atoms with Crippen LogP contribution in [0.2, 0.25) is 0 Å². The molecule has 18 heavy (non-hydrogen) atoms. The largest absolute Gasteiger partial charge is 0.366 e. The summed E-state index contributed by atoms with van der Waals surface area (Å²) in [5.41, 5.74) is 9.84. The van der Waals surface area contributed by atoms with Crippen molar-refractivity contribution in [2.75, 3.05) is 5.73 Å². The molecule has 3 rings (SSSR count). The van der Waals surface area contributed by atoms with Gasteiger partial charge in [-0.15, -0.1) is 5.10 Å². The van der Waals surface area contributed by atoms with Crippen molar-refractivity contribution in [2.45, 2.75) is 19.8 Å². The summed E-state index contributed by atoms with van der Waals surface area (Å²) in [6.07, 6.45) is 7.54. The van der Waals surface area contributed by atoms with Crippen LogP contribution in [0.3, 0.4) is 0 Å². The maximum Gasteiger partial charge on any atom is 0.240 e. The van der Waals surface area contributed by atoms with Crippen LogP contribution in [0.1, 0.15) is 18.9 Å². The van der Waals surface area contributed by atoms with E-state index in [0.29, 0.717) is 5.95 Å². The van der Waals surface area contributed by atoms with Crippen molar-refractivity contribution in [2.24, 2.45) is 0 Å².